The Morgan fingerprint density at radius 1 is 1.53 bits per heavy atom. The van der Waals surface area contributed by atoms with E-state index in [2.05, 4.69) is 37.8 Å². The van der Waals surface area contributed by atoms with Gasteiger partial charge in [0.05, 0.1) is 11.4 Å². The molecular weight excluding hydrogens is 212 g/mol. The van der Waals surface area contributed by atoms with Crippen molar-refractivity contribution >= 4 is 11.5 Å². The van der Waals surface area contributed by atoms with Crippen LogP contribution < -0.4 is 10.6 Å². The monoisotopic (exact) mass is 236 g/mol. The van der Waals surface area contributed by atoms with E-state index in [0.717, 1.165) is 35.6 Å². The predicted octanol–water partition coefficient (Wildman–Crippen LogP) is 2.22. The molecule has 1 aliphatic rings. The second-order valence-corrected chi connectivity index (χ2v) is 5.75. The van der Waals surface area contributed by atoms with Gasteiger partial charge >= 0.3 is 0 Å². The Labute approximate surface area is 104 Å². The molecule has 0 radical (unpaired) electrons. The molecule has 1 fully saturated rings. The van der Waals surface area contributed by atoms with Crippen LogP contribution in [0.15, 0.2) is 0 Å². The summed E-state index contributed by atoms with van der Waals surface area (Å²) in [5, 5.41) is 4.53. The third kappa shape index (κ3) is 2.26. The fourth-order valence-corrected chi connectivity index (χ4v) is 2.52. The summed E-state index contributed by atoms with van der Waals surface area (Å²) in [5.41, 5.74) is 8.07. The summed E-state index contributed by atoms with van der Waals surface area (Å²) in [6.45, 7) is 7.66. The van der Waals surface area contributed by atoms with Crippen molar-refractivity contribution in [3.8, 4) is 0 Å². The summed E-state index contributed by atoms with van der Waals surface area (Å²) in [6, 6.07) is 0. The van der Waals surface area contributed by atoms with E-state index in [9.17, 15) is 0 Å². The van der Waals surface area contributed by atoms with E-state index in [0.29, 0.717) is 5.92 Å². The van der Waals surface area contributed by atoms with Crippen molar-refractivity contribution in [1.29, 1.82) is 0 Å². The van der Waals surface area contributed by atoms with Gasteiger partial charge in [-0.15, -0.1) is 0 Å². The predicted molar refractivity (Wildman–Crippen MR) is 72.3 cm³/mol. The number of hydrogen-bond donors (Lipinski definition) is 1. The van der Waals surface area contributed by atoms with E-state index in [1.165, 1.54) is 6.42 Å². The Hall–Kier alpha value is -1.19. The van der Waals surface area contributed by atoms with Crippen LogP contribution in [0.1, 0.15) is 38.8 Å². The number of hydrogen-bond acceptors (Lipinski definition) is 3. The van der Waals surface area contributed by atoms with Crippen molar-refractivity contribution < 1.29 is 0 Å². The molecule has 0 aromatic carbocycles. The molecule has 1 aliphatic carbocycles. The molecule has 96 valence electrons. The summed E-state index contributed by atoms with van der Waals surface area (Å²) < 4.78 is 1.91. The van der Waals surface area contributed by atoms with Crippen LogP contribution in [0, 0.1) is 11.8 Å². The molecule has 0 aliphatic heterocycles. The molecule has 2 rings (SSSR count). The molecule has 1 aromatic rings. The smallest absolute Gasteiger partial charge is 0.150 e. The van der Waals surface area contributed by atoms with Crippen LogP contribution in [0.25, 0.3) is 0 Å². The first-order valence-corrected chi connectivity index (χ1v) is 6.45. The summed E-state index contributed by atoms with van der Waals surface area (Å²) in [6.07, 6.45) is 1.35. The van der Waals surface area contributed by atoms with E-state index in [1.807, 2.05) is 11.7 Å². The minimum absolute atomic E-state index is 0.378. The average Bonchev–Trinajstić information content (AvgIpc) is 2.79. The molecule has 0 amide bonds. The summed E-state index contributed by atoms with van der Waals surface area (Å²) in [7, 11) is 4.09. The van der Waals surface area contributed by atoms with Crippen LogP contribution in [0.5, 0.6) is 0 Å². The molecule has 4 nitrogen and oxygen atoms in total. The van der Waals surface area contributed by atoms with Gasteiger partial charge in [0.1, 0.15) is 5.82 Å². The van der Waals surface area contributed by atoms with Gasteiger partial charge in [0.2, 0.25) is 0 Å². The minimum atomic E-state index is 0.378. The molecule has 0 spiro atoms. The van der Waals surface area contributed by atoms with Crippen LogP contribution in [-0.2, 0) is 7.05 Å². The summed E-state index contributed by atoms with van der Waals surface area (Å²) >= 11 is 0. The second kappa shape index (κ2) is 4.24. The molecule has 2 atom stereocenters. The number of nitrogens with two attached hydrogens (primary N) is 1. The van der Waals surface area contributed by atoms with Gasteiger partial charge in [-0.25, -0.2) is 0 Å². The lowest BCUT2D eigenvalue weighted by atomic mass is 10.1. The largest absolute Gasteiger partial charge is 0.394 e. The fourth-order valence-electron chi connectivity index (χ4n) is 2.52. The van der Waals surface area contributed by atoms with Crippen molar-refractivity contribution in [3.63, 3.8) is 0 Å². The highest BCUT2D eigenvalue weighted by molar-refractivity contribution is 5.66. The Morgan fingerprint density at radius 2 is 2.12 bits per heavy atom. The molecule has 17 heavy (non-hydrogen) atoms. The molecular formula is C13H24N4. The highest BCUT2D eigenvalue weighted by Gasteiger charge is 2.34. The van der Waals surface area contributed by atoms with Crippen molar-refractivity contribution in [2.75, 3.05) is 24.2 Å². The lowest BCUT2D eigenvalue weighted by Gasteiger charge is -2.20. The van der Waals surface area contributed by atoms with Gasteiger partial charge in [-0.3, -0.25) is 4.68 Å². The Bertz CT molecular complexity index is 408. The summed E-state index contributed by atoms with van der Waals surface area (Å²) in [4.78, 5) is 2.25. The van der Waals surface area contributed by atoms with E-state index in [1.54, 1.807) is 0 Å². The van der Waals surface area contributed by atoms with Crippen molar-refractivity contribution in [3.05, 3.63) is 5.69 Å². The number of nitrogens with zero attached hydrogens (tertiary/aromatic N) is 3. The first-order valence-electron chi connectivity index (χ1n) is 6.45. The summed E-state index contributed by atoms with van der Waals surface area (Å²) in [5.74, 6) is 3.14. The lowest BCUT2D eigenvalue weighted by molar-refractivity contribution is 0.672. The van der Waals surface area contributed by atoms with E-state index in [4.69, 9.17) is 5.73 Å². The first kappa shape index (κ1) is 12.3. The molecule has 0 bridgehead atoms. The third-order valence-corrected chi connectivity index (χ3v) is 3.77. The normalized spacial score (nSPS) is 23.2. The molecule has 1 heterocycles. The van der Waals surface area contributed by atoms with Gasteiger partial charge in [-0.05, 0) is 24.2 Å². The molecule has 2 N–H and O–H groups in total. The van der Waals surface area contributed by atoms with Gasteiger partial charge in [0.25, 0.3) is 0 Å². The number of aromatic nitrogens is 2. The average molecular weight is 236 g/mol. The van der Waals surface area contributed by atoms with Crippen molar-refractivity contribution in [1.82, 2.24) is 9.78 Å². The number of nitrogen functional groups attached to an aromatic ring is 1. The topological polar surface area (TPSA) is 47.1 Å². The highest BCUT2D eigenvalue weighted by Crippen LogP contribution is 2.39. The van der Waals surface area contributed by atoms with Crippen molar-refractivity contribution in [2.24, 2.45) is 18.9 Å². The van der Waals surface area contributed by atoms with Gasteiger partial charge in [0.15, 0.2) is 0 Å². The zero-order valence-corrected chi connectivity index (χ0v) is 11.6. The second-order valence-electron chi connectivity index (χ2n) is 5.75. The van der Waals surface area contributed by atoms with Crippen LogP contribution in [0.3, 0.4) is 0 Å². The molecule has 2 unspecified atom stereocenters. The quantitative estimate of drug-likeness (QED) is 0.872. The Kier molecular flexibility index (Phi) is 3.06. The number of aryl methyl sites for hydroxylation is 1. The Morgan fingerprint density at radius 3 is 2.53 bits per heavy atom. The maximum atomic E-state index is 6.21. The number of anilines is 2. The lowest BCUT2D eigenvalue weighted by Crippen LogP contribution is -2.23. The maximum Gasteiger partial charge on any atom is 0.150 e. The van der Waals surface area contributed by atoms with Gasteiger partial charge in [-0.1, -0.05) is 20.8 Å². The maximum absolute atomic E-state index is 6.21. The molecule has 0 saturated heterocycles. The fraction of sp³-hybridized carbons (Fsp3) is 0.769. The third-order valence-electron chi connectivity index (χ3n) is 3.77. The SMILES string of the molecule is CC(C)c1nn(C)c(N(C)CC2CC2C)c1N. The van der Waals surface area contributed by atoms with Crippen LogP contribution in [0.4, 0.5) is 11.5 Å². The van der Waals surface area contributed by atoms with Crippen LogP contribution in [-0.4, -0.2) is 23.4 Å². The van der Waals surface area contributed by atoms with Crippen LogP contribution in [0.2, 0.25) is 0 Å². The van der Waals surface area contributed by atoms with Crippen molar-refractivity contribution in [2.45, 2.75) is 33.1 Å². The first-order chi connectivity index (χ1) is 7.91. The standard InChI is InChI=1S/C13H24N4/c1-8(2)12-11(14)13(17(5)15-12)16(4)7-10-6-9(10)3/h8-10H,6-7,14H2,1-5H3. The zero-order chi connectivity index (χ0) is 12.7. The van der Waals surface area contributed by atoms with Gasteiger partial charge in [-0.2, -0.15) is 5.10 Å². The van der Waals surface area contributed by atoms with E-state index >= 15 is 0 Å². The van der Waals surface area contributed by atoms with Gasteiger partial charge in [0, 0.05) is 20.6 Å². The molecule has 1 aromatic heterocycles. The Balaban J connectivity index is 2.19. The zero-order valence-electron chi connectivity index (χ0n) is 11.6. The highest BCUT2D eigenvalue weighted by atomic mass is 15.4. The van der Waals surface area contributed by atoms with Gasteiger partial charge < -0.3 is 10.6 Å². The minimum Gasteiger partial charge on any atom is -0.394 e. The van der Waals surface area contributed by atoms with E-state index < -0.39 is 0 Å². The molecule has 4 heteroatoms. The molecule has 1 saturated carbocycles. The van der Waals surface area contributed by atoms with E-state index in [-0.39, 0.29) is 0 Å². The van der Waals surface area contributed by atoms with Crippen LogP contribution >= 0.6 is 0 Å². The number of rotatable bonds is 4.